The number of nitrogens with one attached hydrogen (secondary N) is 1. The van der Waals surface area contributed by atoms with Gasteiger partial charge in [0.15, 0.2) is 0 Å². The van der Waals surface area contributed by atoms with E-state index in [1.807, 2.05) is 18.2 Å². The third-order valence-electron chi connectivity index (χ3n) is 3.10. The van der Waals surface area contributed by atoms with Gasteiger partial charge in [-0.3, -0.25) is 4.90 Å². The van der Waals surface area contributed by atoms with E-state index in [1.165, 1.54) is 0 Å². The Bertz CT molecular complexity index is 402. The Balaban J connectivity index is 2.27. The summed E-state index contributed by atoms with van der Waals surface area (Å²) >= 11 is 5.94. The van der Waals surface area contributed by atoms with Crippen molar-refractivity contribution < 1.29 is 5.11 Å². The van der Waals surface area contributed by atoms with E-state index in [0.717, 1.165) is 31.7 Å². The Kier molecular flexibility index (Phi) is 4.05. The molecule has 1 saturated heterocycles. The molecular formula is C13H17ClN2O. The van der Waals surface area contributed by atoms with Crippen molar-refractivity contribution in [3.63, 3.8) is 0 Å². The minimum absolute atomic E-state index is 0.0239. The molecule has 1 fully saturated rings. The quantitative estimate of drug-likeness (QED) is 0.810. The zero-order chi connectivity index (χ0) is 12.3. The van der Waals surface area contributed by atoms with Gasteiger partial charge in [0.2, 0.25) is 0 Å². The van der Waals surface area contributed by atoms with Crippen LogP contribution in [-0.4, -0.2) is 36.2 Å². The van der Waals surface area contributed by atoms with Gasteiger partial charge in [-0.15, -0.1) is 6.58 Å². The summed E-state index contributed by atoms with van der Waals surface area (Å²) < 4.78 is 0. The van der Waals surface area contributed by atoms with E-state index in [1.54, 1.807) is 6.07 Å². The van der Waals surface area contributed by atoms with Crippen molar-refractivity contribution in [2.45, 2.75) is 6.04 Å². The smallest absolute Gasteiger partial charge is 0.139 e. The fourth-order valence-corrected chi connectivity index (χ4v) is 2.39. The Labute approximate surface area is 107 Å². The molecule has 1 aliphatic heterocycles. The van der Waals surface area contributed by atoms with Gasteiger partial charge in [-0.2, -0.15) is 0 Å². The minimum atomic E-state index is 0.0239. The highest BCUT2D eigenvalue weighted by Gasteiger charge is 2.22. The molecule has 0 aromatic heterocycles. The molecular weight excluding hydrogens is 236 g/mol. The van der Waals surface area contributed by atoms with Gasteiger partial charge in [-0.1, -0.05) is 29.8 Å². The Hall–Kier alpha value is -1.03. The lowest BCUT2D eigenvalue weighted by atomic mass is 10.0. The molecule has 92 valence electrons. The molecule has 3 nitrogen and oxygen atoms in total. The summed E-state index contributed by atoms with van der Waals surface area (Å²) in [5, 5.41) is 13.7. The third kappa shape index (κ3) is 2.63. The molecule has 2 N–H and O–H groups in total. The highest BCUT2D eigenvalue weighted by molar-refractivity contribution is 6.32. The highest BCUT2D eigenvalue weighted by atomic mass is 35.5. The minimum Gasteiger partial charge on any atom is -0.506 e. The average Bonchev–Trinajstić information content (AvgIpc) is 2.37. The number of phenols is 1. The van der Waals surface area contributed by atoms with Gasteiger partial charge in [0.1, 0.15) is 5.75 Å². The monoisotopic (exact) mass is 252 g/mol. The normalized spacial score (nSPS) is 18.9. The standard InChI is InChI=1S/C13H17ClN2O/c1-2-12(16-8-6-15-7-9-16)10-4-3-5-11(14)13(10)17/h2-5,12,15,17H,1,6-9H2/t12-/m1/s1. The van der Waals surface area contributed by atoms with Gasteiger partial charge >= 0.3 is 0 Å². The van der Waals surface area contributed by atoms with E-state index in [2.05, 4.69) is 16.8 Å². The topological polar surface area (TPSA) is 35.5 Å². The zero-order valence-electron chi connectivity index (χ0n) is 9.69. The van der Waals surface area contributed by atoms with Gasteiger partial charge in [-0.05, 0) is 6.07 Å². The summed E-state index contributed by atoms with van der Waals surface area (Å²) in [6.45, 7) is 7.69. The summed E-state index contributed by atoms with van der Waals surface area (Å²) in [7, 11) is 0. The number of aromatic hydroxyl groups is 1. The molecule has 0 radical (unpaired) electrons. The lowest BCUT2D eigenvalue weighted by Crippen LogP contribution is -2.44. The lowest BCUT2D eigenvalue weighted by molar-refractivity contribution is 0.201. The highest BCUT2D eigenvalue weighted by Crippen LogP contribution is 2.34. The molecule has 0 saturated carbocycles. The lowest BCUT2D eigenvalue weighted by Gasteiger charge is -2.33. The van der Waals surface area contributed by atoms with Crippen LogP contribution in [0.25, 0.3) is 0 Å². The Morgan fingerprint density at radius 1 is 1.41 bits per heavy atom. The molecule has 1 aromatic carbocycles. The second-order valence-corrected chi connectivity index (χ2v) is 4.55. The number of hydrogen-bond acceptors (Lipinski definition) is 3. The van der Waals surface area contributed by atoms with Crippen LogP contribution in [-0.2, 0) is 0 Å². The summed E-state index contributed by atoms with van der Waals surface area (Å²) in [4.78, 5) is 2.29. The first kappa shape index (κ1) is 12.4. The van der Waals surface area contributed by atoms with Crippen molar-refractivity contribution in [2.24, 2.45) is 0 Å². The van der Waals surface area contributed by atoms with Crippen LogP contribution in [0.15, 0.2) is 30.9 Å². The van der Waals surface area contributed by atoms with Crippen molar-refractivity contribution in [1.82, 2.24) is 10.2 Å². The third-order valence-corrected chi connectivity index (χ3v) is 3.41. The van der Waals surface area contributed by atoms with Crippen LogP contribution in [0.1, 0.15) is 11.6 Å². The fraction of sp³-hybridized carbons (Fsp3) is 0.385. The molecule has 17 heavy (non-hydrogen) atoms. The summed E-state index contributed by atoms with van der Waals surface area (Å²) in [5.74, 6) is 0.164. The average molecular weight is 253 g/mol. The second-order valence-electron chi connectivity index (χ2n) is 4.14. The van der Waals surface area contributed by atoms with Crippen LogP contribution in [0.2, 0.25) is 5.02 Å². The molecule has 0 unspecified atom stereocenters. The largest absolute Gasteiger partial charge is 0.506 e. The first-order valence-corrected chi connectivity index (χ1v) is 6.16. The van der Waals surface area contributed by atoms with E-state index in [4.69, 9.17) is 11.6 Å². The molecule has 2 rings (SSSR count). The maximum Gasteiger partial charge on any atom is 0.139 e. The maximum atomic E-state index is 10.0. The van der Waals surface area contributed by atoms with Gasteiger partial charge in [0.05, 0.1) is 11.1 Å². The summed E-state index contributed by atoms with van der Waals surface area (Å²) in [5.41, 5.74) is 0.828. The van der Waals surface area contributed by atoms with Crippen LogP contribution >= 0.6 is 11.6 Å². The second kappa shape index (κ2) is 5.54. The number of halogens is 1. The van der Waals surface area contributed by atoms with Gasteiger partial charge < -0.3 is 10.4 Å². The van der Waals surface area contributed by atoms with E-state index < -0.39 is 0 Å². The molecule has 0 bridgehead atoms. The van der Waals surface area contributed by atoms with Crippen LogP contribution < -0.4 is 5.32 Å². The van der Waals surface area contributed by atoms with Crippen molar-refractivity contribution in [1.29, 1.82) is 0 Å². The first-order valence-electron chi connectivity index (χ1n) is 5.78. The zero-order valence-corrected chi connectivity index (χ0v) is 10.5. The maximum absolute atomic E-state index is 10.0. The molecule has 0 aliphatic carbocycles. The molecule has 1 aliphatic rings. The summed E-state index contributed by atoms with van der Waals surface area (Å²) in [6.07, 6.45) is 1.86. The van der Waals surface area contributed by atoms with Crippen molar-refractivity contribution in [3.8, 4) is 5.75 Å². The van der Waals surface area contributed by atoms with Crippen molar-refractivity contribution in [3.05, 3.63) is 41.4 Å². The van der Waals surface area contributed by atoms with Crippen LogP contribution in [0.3, 0.4) is 0 Å². The Morgan fingerprint density at radius 3 is 2.76 bits per heavy atom. The Morgan fingerprint density at radius 2 is 2.12 bits per heavy atom. The molecule has 1 aromatic rings. The predicted octanol–water partition coefficient (Wildman–Crippen LogP) is 2.18. The van der Waals surface area contributed by atoms with Crippen LogP contribution in [0.5, 0.6) is 5.75 Å². The SMILES string of the molecule is C=C[C@H](c1cccc(Cl)c1O)N1CCNCC1. The van der Waals surface area contributed by atoms with E-state index >= 15 is 0 Å². The number of benzene rings is 1. The molecule has 0 amide bonds. The van der Waals surface area contributed by atoms with Crippen molar-refractivity contribution in [2.75, 3.05) is 26.2 Å². The van der Waals surface area contributed by atoms with Crippen molar-refractivity contribution >= 4 is 11.6 Å². The van der Waals surface area contributed by atoms with Gasteiger partial charge in [0, 0.05) is 31.7 Å². The molecule has 4 heteroatoms. The van der Waals surface area contributed by atoms with Crippen LogP contribution in [0.4, 0.5) is 0 Å². The number of phenolic OH excluding ortho intramolecular Hbond substituents is 1. The van der Waals surface area contributed by atoms with Gasteiger partial charge in [-0.25, -0.2) is 0 Å². The number of hydrogen-bond donors (Lipinski definition) is 2. The number of rotatable bonds is 3. The predicted molar refractivity (Wildman–Crippen MR) is 70.5 cm³/mol. The molecule has 1 heterocycles. The molecule has 1 atom stereocenters. The van der Waals surface area contributed by atoms with Crippen LogP contribution in [0, 0.1) is 0 Å². The van der Waals surface area contributed by atoms with Gasteiger partial charge in [0.25, 0.3) is 0 Å². The number of piperazine rings is 1. The van der Waals surface area contributed by atoms with E-state index in [9.17, 15) is 5.11 Å². The number of para-hydroxylation sites is 1. The fourth-order valence-electron chi connectivity index (χ4n) is 2.20. The first-order chi connectivity index (χ1) is 8.24. The van der Waals surface area contributed by atoms with E-state index in [0.29, 0.717) is 5.02 Å². The summed E-state index contributed by atoms with van der Waals surface area (Å²) in [6, 6.07) is 5.47. The number of nitrogens with zero attached hydrogens (tertiary/aromatic N) is 1. The molecule has 0 spiro atoms. The van der Waals surface area contributed by atoms with E-state index in [-0.39, 0.29) is 11.8 Å².